The number of carbonyl (C=O) groups is 1. The summed E-state index contributed by atoms with van der Waals surface area (Å²) in [6.45, 7) is 11.7. The van der Waals surface area contributed by atoms with Gasteiger partial charge < -0.3 is 10.4 Å². The summed E-state index contributed by atoms with van der Waals surface area (Å²) in [6, 6.07) is 8.67. The van der Waals surface area contributed by atoms with Gasteiger partial charge in [-0.1, -0.05) is 47.6 Å². The second-order valence-electron chi connectivity index (χ2n) is 8.88. The Bertz CT molecular complexity index is 977. The molecule has 152 valence electrons. The predicted molar refractivity (Wildman–Crippen MR) is 110 cm³/mol. The molecule has 0 saturated heterocycles. The number of anilines is 1. The van der Waals surface area contributed by atoms with Crippen molar-refractivity contribution in [2.75, 3.05) is 5.32 Å². The lowest BCUT2D eigenvalue weighted by Gasteiger charge is -2.28. The van der Waals surface area contributed by atoms with Crippen LogP contribution in [0.25, 0.3) is 0 Å². The maximum absolute atomic E-state index is 12.8. The zero-order chi connectivity index (χ0) is 21.5. The molecule has 0 aliphatic rings. The van der Waals surface area contributed by atoms with Gasteiger partial charge in [0.2, 0.25) is 0 Å². The largest absolute Gasteiger partial charge is 0.507 e. The topological polar surface area (TPSA) is 104 Å². The normalized spacial score (nSPS) is 12.7. The molecule has 2 aromatic rings. The Kier molecular flexibility index (Phi) is 5.65. The van der Waals surface area contributed by atoms with E-state index >= 15 is 0 Å². The number of benzene rings is 2. The van der Waals surface area contributed by atoms with E-state index in [1.165, 1.54) is 24.3 Å². The molecule has 0 fully saturated rings. The minimum Gasteiger partial charge on any atom is -0.507 e. The van der Waals surface area contributed by atoms with Gasteiger partial charge in [-0.3, -0.25) is 9.35 Å². The van der Waals surface area contributed by atoms with Crippen molar-refractivity contribution in [3.05, 3.63) is 53.1 Å². The van der Waals surface area contributed by atoms with Crippen molar-refractivity contribution in [3.8, 4) is 5.75 Å². The van der Waals surface area contributed by atoms with E-state index in [4.69, 9.17) is 0 Å². The number of nitrogens with one attached hydrogen (secondary N) is 1. The first-order valence-corrected chi connectivity index (χ1v) is 10.3. The van der Waals surface area contributed by atoms with Gasteiger partial charge in [-0.15, -0.1) is 0 Å². The van der Waals surface area contributed by atoms with E-state index in [9.17, 15) is 22.9 Å². The molecule has 0 bridgehead atoms. The first-order chi connectivity index (χ1) is 12.6. The van der Waals surface area contributed by atoms with Crippen LogP contribution in [0.1, 0.15) is 63.0 Å². The molecule has 0 saturated carbocycles. The van der Waals surface area contributed by atoms with Gasteiger partial charge in [-0.2, -0.15) is 8.42 Å². The molecule has 2 aromatic carbocycles. The monoisotopic (exact) mass is 405 g/mol. The molecule has 0 aliphatic carbocycles. The van der Waals surface area contributed by atoms with Crippen LogP contribution in [0.3, 0.4) is 0 Å². The summed E-state index contributed by atoms with van der Waals surface area (Å²) in [5.74, 6) is -0.270. The summed E-state index contributed by atoms with van der Waals surface area (Å²) in [4.78, 5) is 12.5. The number of rotatable bonds is 3. The molecule has 28 heavy (non-hydrogen) atoms. The van der Waals surface area contributed by atoms with E-state index in [0.29, 0.717) is 16.7 Å². The summed E-state index contributed by atoms with van der Waals surface area (Å²) in [5.41, 5.74) is 1.12. The van der Waals surface area contributed by atoms with Crippen LogP contribution in [0.5, 0.6) is 5.75 Å². The molecule has 3 N–H and O–H groups in total. The molecular weight excluding hydrogens is 378 g/mol. The van der Waals surface area contributed by atoms with E-state index in [1.807, 2.05) is 41.5 Å². The van der Waals surface area contributed by atoms with E-state index < -0.39 is 16.0 Å². The molecule has 0 heterocycles. The fourth-order valence-corrected chi connectivity index (χ4v) is 3.37. The Morgan fingerprint density at radius 1 is 0.929 bits per heavy atom. The molecule has 1 amide bonds. The van der Waals surface area contributed by atoms with Crippen molar-refractivity contribution in [2.24, 2.45) is 0 Å². The van der Waals surface area contributed by atoms with Crippen LogP contribution in [0.2, 0.25) is 0 Å². The minimum absolute atomic E-state index is 0.171. The first-order valence-electron chi connectivity index (χ1n) is 8.87. The SMILES string of the molecule is CC(C)(C)c1cc(C(=O)Nc2cccc(S(=O)(=O)O)c2)cc(C(C)(C)C)c1O. The van der Waals surface area contributed by atoms with Gasteiger partial charge in [0.15, 0.2) is 0 Å². The minimum atomic E-state index is -4.37. The Morgan fingerprint density at radius 2 is 1.43 bits per heavy atom. The van der Waals surface area contributed by atoms with E-state index in [-0.39, 0.29) is 27.2 Å². The Balaban J connectivity index is 2.52. The van der Waals surface area contributed by atoms with Crippen molar-refractivity contribution in [1.29, 1.82) is 0 Å². The van der Waals surface area contributed by atoms with Crippen LogP contribution in [-0.4, -0.2) is 24.0 Å². The lowest BCUT2D eigenvalue weighted by molar-refractivity contribution is 0.102. The number of carbonyl (C=O) groups excluding carboxylic acids is 1. The van der Waals surface area contributed by atoms with Gasteiger partial charge in [0.05, 0.1) is 4.90 Å². The third kappa shape index (κ3) is 4.91. The molecule has 0 atom stereocenters. The van der Waals surface area contributed by atoms with E-state index in [0.717, 1.165) is 0 Å². The molecule has 0 spiro atoms. The third-order valence-corrected chi connectivity index (χ3v) is 5.23. The smallest absolute Gasteiger partial charge is 0.294 e. The highest BCUT2D eigenvalue weighted by atomic mass is 32.2. The number of amides is 1. The highest BCUT2D eigenvalue weighted by Crippen LogP contribution is 2.39. The fourth-order valence-electron chi connectivity index (χ4n) is 2.85. The van der Waals surface area contributed by atoms with E-state index in [1.54, 1.807) is 12.1 Å². The number of aromatic hydroxyl groups is 1. The van der Waals surface area contributed by atoms with Crippen molar-refractivity contribution < 1.29 is 22.9 Å². The van der Waals surface area contributed by atoms with Gasteiger partial charge in [0.25, 0.3) is 16.0 Å². The zero-order valence-corrected chi connectivity index (χ0v) is 17.8. The molecule has 2 rings (SSSR count). The number of hydrogen-bond acceptors (Lipinski definition) is 4. The summed E-state index contributed by atoms with van der Waals surface area (Å²) in [7, 11) is -4.37. The standard InChI is InChI=1S/C21H27NO5S/c1-20(2,3)16-10-13(11-17(18(16)23)21(4,5)6)19(24)22-14-8-7-9-15(12-14)28(25,26)27/h7-12,23H,1-6H3,(H,22,24)(H,25,26,27). The lowest BCUT2D eigenvalue weighted by Crippen LogP contribution is -2.20. The Labute approximate surface area is 166 Å². The van der Waals surface area contributed by atoms with Crippen molar-refractivity contribution in [3.63, 3.8) is 0 Å². The Hall–Kier alpha value is -2.38. The van der Waals surface area contributed by atoms with Gasteiger partial charge >= 0.3 is 0 Å². The summed E-state index contributed by atoms with van der Waals surface area (Å²) in [5, 5.41) is 13.4. The molecular formula is C21H27NO5S. The molecule has 6 nitrogen and oxygen atoms in total. The van der Waals surface area contributed by atoms with Crippen molar-refractivity contribution in [2.45, 2.75) is 57.3 Å². The van der Waals surface area contributed by atoms with E-state index in [2.05, 4.69) is 5.32 Å². The van der Waals surface area contributed by atoms with Crippen LogP contribution >= 0.6 is 0 Å². The summed E-state index contributed by atoms with van der Waals surface area (Å²) in [6.07, 6.45) is 0. The molecule has 0 unspecified atom stereocenters. The molecule has 0 radical (unpaired) electrons. The summed E-state index contributed by atoms with van der Waals surface area (Å²) >= 11 is 0. The van der Waals surface area contributed by atoms with Crippen LogP contribution in [-0.2, 0) is 20.9 Å². The predicted octanol–water partition coefficient (Wildman–Crippen LogP) is 4.49. The van der Waals surface area contributed by atoms with Crippen LogP contribution in [0.4, 0.5) is 5.69 Å². The second kappa shape index (κ2) is 7.22. The van der Waals surface area contributed by atoms with Crippen molar-refractivity contribution in [1.82, 2.24) is 0 Å². The molecule has 0 aliphatic heterocycles. The first kappa shape index (κ1) is 21.9. The maximum Gasteiger partial charge on any atom is 0.294 e. The quantitative estimate of drug-likeness (QED) is 0.653. The highest BCUT2D eigenvalue weighted by Gasteiger charge is 2.28. The Morgan fingerprint density at radius 3 is 1.86 bits per heavy atom. The molecule has 7 heteroatoms. The number of phenolic OH excluding ortho intramolecular Hbond substituents is 1. The van der Waals surface area contributed by atoms with Crippen molar-refractivity contribution >= 4 is 21.7 Å². The third-order valence-electron chi connectivity index (χ3n) is 4.38. The van der Waals surface area contributed by atoms with Crippen LogP contribution < -0.4 is 5.32 Å². The lowest BCUT2D eigenvalue weighted by atomic mass is 9.78. The maximum atomic E-state index is 12.8. The van der Waals surface area contributed by atoms with Gasteiger partial charge in [-0.05, 0) is 41.2 Å². The van der Waals surface area contributed by atoms with Gasteiger partial charge in [0, 0.05) is 22.4 Å². The molecule has 0 aromatic heterocycles. The zero-order valence-electron chi connectivity index (χ0n) is 17.0. The van der Waals surface area contributed by atoms with Crippen LogP contribution in [0.15, 0.2) is 41.3 Å². The van der Waals surface area contributed by atoms with Gasteiger partial charge in [-0.25, -0.2) is 0 Å². The highest BCUT2D eigenvalue weighted by molar-refractivity contribution is 7.85. The number of phenols is 1. The number of hydrogen-bond donors (Lipinski definition) is 3. The van der Waals surface area contributed by atoms with Gasteiger partial charge in [0.1, 0.15) is 5.75 Å². The summed E-state index contributed by atoms with van der Waals surface area (Å²) < 4.78 is 31.8. The van der Waals surface area contributed by atoms with Crippen LogP contribution in [0, 0.1) is 0 Å². The average Bonchev–Trinajstić information content (AvgIpc) is 2.52. The second-order valence-corrected chi connectivity index (χ2v) is 10.3. The fraction of sp³-hybridized carbons (Fsp3) is 0.381. The average molecular weight is 406 g/mol.